The van der Waals surface area contributed by atoms with E-state index in [0.717, 1.165) is 62.3 Å². The van der Waals surface area contributed by atoms with Crippen LogP contribution in [0.4, 0.5) is 5.69 Å². The molecule has 1 aliphatic heterocycles. The van der Waals surface area contributed by atoms with Crippen LogP contribution in [0.2, 0.25) is 0 Å². The molecule has 1 atom stereocenters. The molecular weight excluding hydrogens is 971 g/mol. The number of thioether (sulfide) groups is 1. The number of ketones is 1. The van der Waals surface area contributed by atoms with Crippen LogP contribution in [0.15, 0.2) is 108 Å². The van der Waals surface area contributed by atoms with Crippen LogP contribution >= 0.6 is 23.1 Å². The van der Waals surface area contributed by atoms with E-state index in [9.17, 15) is 28.8 Å². The molecule has 73 heavy (non-hydrogen) atoms. The zero-order chi connectivity index (χ0) is 51.4. The van der Waals surface area contributed by atoms with Crippen LogP contribution in [0, 0.1) is 23.7 Å². The largest absolute Gasteiger partial charge is 0.494 e. The van der Waals surface area contributed by atoms with Gasteiger partial charge in [0.1, 0.15) is 34.1 Å². The van der Waals surface area contributed by atoms with Gasteiger partial charge in [0, 0.05) is 17.4 Å². The van der Waals surface area contributed by atoms with E-state index in [0.29, 0.717) is 123 Å². The Kier molecular flexibility index (Phi) is 21.0. The van der Waals surface area contributed by atoms with Crippen LogP contribution < -0.4 is 33.7 Å². The number of hydrogen-bond acceptors (Lipinski definition) is 16. The molecule has 2 fully saturated rings. The van der Waals surface area contributed by atoms with Gasteiger partial charge in [0.05, 0.1) is 54.1 Å². The zero-order valence-corrected chi connectivity index (χ0v) is 42.9. The molecular formula is C57H65NO13S2. The van der Waals surface area contributed by atoms with Crippen LogP contribution in [0.3, 0.4) is 0 Å². The van der Waals surface area contributed by atoms with Crippen LogP contribution in [0.5, 0.6) is 34.5 Å². The highest BCUT2D eigenvalue weighted by atomic mass is 32.2. The zero-order valence-electron chi connectivity index (χ0n) is 41.2. The lowest BCUT2D eigenvalue weighted by Crippen LogP contribution is -2.30. The normalized spacial score (nSPS) is 19.0. The summed E-state index contributed by atoms with van der Waals surface area (Å²) < 4.78 is 40.2. The Morgan fingerprint density at radius 1 is 0.521 bits per heavy atom. The van der Waals surface area contributed by atoms with Crippen molar-refractivity contribution < 1.29 is 61.9 Å². The number of unbranched alkanes of at least 4 members (excludes halogenated alkanes) is 6. The third-order valence-electron chi connectivity index (χ3n) is 13.2. The quantitative estimate of drug-likeness (QED) is 0.0258. The molecule has 1 unspecified atom stereocenters. The number of ether oxygens (including phenoxy) is 7. The SMILES string of the molecule is C=CC(=O)CCCCCCOc1ccc(OC(=O)C2CCC(C(=O)Oc3ccc(OC(=O)C4CCC(C(=O)Oc5ccc(OCCCCCCOC(=O)C=C)cc5)CC4)c4c3NC(c3cccs3)S4)CC2)cc1. The van der Waals surface area contributed by atoms with Crippen LogP contribution in [0.1, 0.15) is 119 Å². The van der Waals surface area contributed by atoms with E-state index in [4.69, 9.17) is 33.2 Å². The van der Waals surface area contributed by atoms with Gasteiger partial charge < -0.3 is 38.5 Å². The van der Waals surface area contributed by atoms with Crippen LogP contribution in [-0.4, -0.2) is 55.5 Å². The maximum Gasteiger partial charge on any atom is 0.330 e. The van der Waals surface area contributed by atoms with E-state index in [2.05, 4.69) is 18.5 Å². The first-order valence-electron chi connectivity index (χ1n) is 25.5. The predicted octanol–water partition coefficient (Wildman–Crippen LogP) is 12.4. The lowest BCUT2D eigenvalue weighted by Gasteiger charge is -2.26. The van der Waals surface area contributed by atoms with Gasteiger partial charge in [0.15, 0.2) is 11.5 Å². The molecule has 7 rings (SSSR count). The van der Waals surface area contributed by atoms with Crippen molar-refractivity contribution in [3.05, 3.63) is 108 Å². The smallest absolute Gasteiger partial charge is 0.330 e. The number of nitrogens with one attached hydrogen (secondary N) is 1. The van der Waals surface area contributed by atoms with E-state index in [1.807, 2.05) is 17.5 Å². The van der Waals surface area contributed by atoms with Gasteiger partial charge in [0.25, 0.3) is 0 Å². The monoisotopic (exact) mass is 1040 g/mol. The molecule has 3 aromatic carbocycles. The van der Waals surface area contributed by atoms with E-state index in [-0.39, 0.29) is 46.9 Å². The van der Waals surface area contributed by atoms with Gasteiger partial charge in [-0.1, -0.05) is 43.8 Å². The van der Waals surface area contributed by atoms with Crippen molar-refractivity contribution in [3.63, 3.8) is 0 Å². The van der Waals surface area contributed by atoms with Gasteiger partial charge in [-0.05, 0) is 168 Å². The van der Waals surface area contributed by atoms with E-state index in [1.165, 1.54) is 17.8 Å². The van der Waals surface area contributed by atoms with Gasteiger partial charge in [-0.3, -0.25) is 24.0 Å². The first-order valence-corrected chi connectivity index (χ1v) is 27.2. The Balaban J connectivity index is 0.833. The maximum atomic E-state index is 13.7. The Morgan fingerprint density at radius 2 is 0.973 bits per heavy atom. The molecule has 0 spiro atoms. The summed E-state index contributed by atoms with van der Waals surface area (Å²) >= 11 is 3.08. The average Bonchev–Trinajstić information content (AvgIpc) is 4.13. The molecule has 1 N–H and O–H groups in total. The molecule has 2 heterocycles. The number of anilines is 1. The van der Waals surface area contributed by atoms with Crippen LogP contribution in [-0.2, 0) is 33.5 Å². The second-order valence-corrected chi connectivity index (χ2v) is 20.6. The molecule has 2 aliphatic carbocycles. The highest BCUT2D eigenvalue weighted by Crippen LogP contribution is 2.55. The number of carbonyl (C=O) groups is 6. The Hall–Kier alpha value is -6.39. The van der Waals surface area contributed by atoms with E-state index >= 15 is 0 Å². The number of benzene rings is 3. The van der Waals surface area contributed by atoms with Crippen LogP contribution in [0.25, 0.3) is 0 Å². The van der Waals surface area contributed by atoms with Crippen molar-refractivity contribution in [2.75, 3.05) is 25.1 Å². The van der Waals surface area contributed by atoms with Crippen molar-refractivity contribution >= 4 is 64.4 Å². The Bertz CT molecular complexity index is 2490. The number of fused-ring (bicyclic) bond motifs is 1. The summed E-state index contributed by atoms with van der Waals surface area (Å²) in [5.74, 6) is -0.331. The summed E-state index contributed by atoms with van der Waals surface area (Å²) in [6.45, 7) is 8.36. The topological polar surface area (TPSA) is 179 Å². The maximum absolute atomic E-state index is 13.7. The molecule has 3 aliphatic rings. The third-order valence-corrected chi connectivity index (χ3v) is 15.6. The number of hydrogen-bond donors (Lipinski definition) is 1. The third kappa shape index (κ3) is 16.6. The molecule has 0 saturated heterocycles. The number of esters is 5. The number of thiophene rings is 1. The first-order chi connectivity index (χ1) is 35.6. The fourth-order valence-corrected chi connectivity index (χ4v) is 11.0. The van der Waals surface area contributed by atoms with Crippen molar-refractivity contribution in [3.8, 4) is 34.5 Å². The second kappa shape index (κ2) is 28.2. The summed E-state index contributed by atoms with van der Waals surface area (Å²) in [7, 11) is 0. The van der Waals surface area contributed by atoms with E-state index in [1.54, 1.807) is 72.0 Å². The number of allylic oxidation sites excluding steroid dienone is 1. The van der Waals surface area contributed by atoms with E-state index < -0.39 is 17.8 Å². The van der Waals surface area contributed by atoms with Gasteiger partial charge >= 0.3 is 29.8 Å². The first kappa shape index (κ1) is 54.4. The molecule has 2 saturated carbocycles. The fraction of sp³-hybridized carbons (Fsp3) is 0.439. The van der Waals surface area contributed by atoms with Crippen molar-refractivity contribution in [2.24, 2.45) is 23.7 Å². The summed E-state index contributed by atoms with van der Waals surface area (Å²) in [5.41, 5.74) is 0.577. The van der Waals surface area contributed by atoms with Crippen molar-refractivity contribution in [2.45, 2.75) is 119 Å². The minimum absolute atomic E-state index is 0.0729. The molecule has 0 amide bonds. The minimum Gasteiger partial charge on any atom is -0.494 e. The minimum atomic E-state index is -0.408. The average molecular weight is 1040 g/mol. The molecule has 0 radical (unpaired) electrons. The number of carbonyl (C=O) groups excluding carboxylic acids is 6. The number of rotatable bonds is 27. The van der Waals surface area contributed by atoms with Gasteiger partial charge in [0.2, 0.25) is 0 Å². The van der Waals surface area contributed by atoms with Gasteiger partial charge in [-0.25, -0.2) is 4.79 Å². The lowest BCUT2D eigenvalue weighted by atomic mass is 9.82. The van der Waals surface area contributed by atoms with Gasteiger partial charge in [-0.2, -0.15) is 0 Å². The summed E-state index contributed by atoms with van der Waals surface area (Å²) in [6, 6.07) is 21.2. The van der Waals surface area contributed by atoms with Crippen molar-refractivity contribution in [1.82, 2.24) is 0 Å². The highest BCUT2D eigenvalue weighted by molar-refractivity contribution is 8.00. The summed E-state index contributed by atoms with van der Waals surface area (Å²) in [6.07, 6.45) is 14.0. The lowest BCUT2D eigenvalue weighted by molar-refractivity contribution is -0.145. The molecule has 4 aromatic rings. The Morgan fingerprint density at radius 3 is 1.45 bits per heavy atom. The molecule has 14 nitrogen and oxygen atoms in total. The van der Waals surface area contributed by atoms with Crippen molar-refractivity contribution in [1.29, 1.82) is 0 Å². The fourth-order valence-electron chi connectivity index (χ4n) is 8.96. The van der Waals surface area contributed by atoms with Gasteiger partial charge in [-0.15, -0.1) is 11.3 Å². The predicted molar refractivity (Wildman–Crippen MR) is 278 cm³/mol. The molecule has 0 bridgehead atoms. The summed E-state index contributed by atoms with van der Waals surface area (Å²) in [4.78, 5) is 77.9. The second-order valence-electron chi connectivity index (χ2n) is 18.5. The highest BCUT2D eigenvalue weighted by Gasteiger charge is 2.37. The standard InChI is InChI=1S/C57H65NO13S2/c1-3-42(59)14-9-5-6-10-34-65-43-24-28-45(29-25-43)68-54(61)38-16-20-40(21-17-38)56(63)70-47-32-33-48(52-51(47)58-53(73-52)49-15-13-37-72-49)71-57(64)41-22-18-39(19-23-41)55(62)69-46-30-26-44(27-31-46)66-35-11-7-8-12-36-67-50(60)4-2/h3-4,13,15,24-33,37-41,53,58H,1-2,5-12,14,16-23,34-36H2. The molecule has 16 heteroatoms. The Labute approximate surface area is 435 Å². The molecule has 1 aromatic heterocycles. The molecule has 388 valence electrons. The summed E-state index contributed by atoms with van der Waals surface area (Å²) in [5, 5.41) is 5.30.